The zero-order chi connectivity index (χ0) is 17.6. The van der Waals surface area contributed by atoms with Gasteiger partial charge in [0.05, 0.1) is 11.0 Å². The Bertz CT molecular complexity index is 1110. The molecule has 1 aromatic heterocycles. The second-order valence-electron chi connectivity index (χ2n) is 5.94. The SMILES string of the molecule is NC(=O)c1cccc2c1c1ccc(F)cc1n2Cc1ccc(F)cc1. The van der Waals surface area contributed by atoms with Crippen molar-refractivity contribution in [2.45, 2.75) is 6.54 Å². The van der Waals surface area contributed by atoms with Gasteiger partial charge in [0.15, 0.2) is 0 Å². The molecule has 0 fully saturated rings. The van der Waals surface area contributed by atoms with Crippen LogP contribution in [0.2, 0.25) is 0 Å². The number of hydrogen-bond acceptors (Lipinski definition) is 1. The van der Waals surface area contributed by atoms with Crippen LogP contribution in [0.25, 0.3) is 21.8 Å². The molecule has 0 aliphatic rings. The normalized spacial score (nSPS) is 11.3. The molecular formula is C20H14F2N2O. The number of amides is 1. The smallest absolute Gasteiger partial charge is 0.249 e. The van der Waals surface area contributed by atoms with Crippen molar-refractivity contribution < 1.29 is 13.6 Å². The molecule has 4 rings (SSSR count). The van der Waals surface area contributed by atoms with Crippen LogP contribution in [0, 0.1) is 11.6 Å². The highest BCUT2D eigenvalue weighted by molar-refractivity contribution is 6.17. The number of fused-ring (bicyclic) bond motifs is 3. The number of primary amides is 1. The molecule has 0 radical (unpaired) electrons. The van der Waals surface area contributed by atoms with Crippen LogP contribution in [0.3, 0.4) is 0 Å². The van der Waals surface area contributed by atoms with Crippen LogP contribution in [-0.4, -0.2) is 10.5 Å². The maximum Gasteiger partial charge on any atom is 0.249 e. The highest BCUT2D eigenvalue weighted by Crippen LogP contribution is 2.32. The first kappa shape index (κ1) is 15.3. The summed E-state index contributed by atoms with van der Waals surface area (Å²) >= 11 is 0. The Morgan fingerprint density at radius 3 is 2.36 bits per heavy atom. The van der Waals surface area contributed by atoms with Crippen molar-refractivity contribution in [2.75, 3.05) is 0 Å². The van der Waals surface area contributed by atoms with Crippen molar-refractivity contribution in [2.24, 2.45) is 5.73 Å². The lowest BCUT2D eigenvalue weighted by atomic mass is 10.1. The number of carbonyl (C=O) groups is 1. The maximum atomic E-state index is 13.8. The summed E-state index contributed by atoms with van der Waals surface area (Å²) in [5.74, 6) is -1.21. The Balaban J connectivity index is 2.03. The van der Waals surface area contributed by atoms with Gasteiger partial charge < -0.3 is 10.3 Å². The average Bonchev–Trinajstić information content (AvgIpc) is 2.90. The minimum atomic E-state index is -0.532. The molecule has 3 aromatic carbocycles. The standard InChI is InChI=1S/C20H14F2N2O/c21-13-6-4-12(5-7-13)11-24-17-3-1-2-16(20(23)25)19(17)15-9-8-14(22)10-18(15)24/h1-10H,11H2,(H2,23,25). The Morgan fingerprint density at radius 2 is 1.64 bits per heavy atom. The van der Waals surface area contributed by atoms with Gasteiger partial charge >= 0.3 is 0 Å². The number of benzene rings is 3. The van der Waals surface area contributed by atoms with Crippen molar-refractivity contribution in [3.63, 3.8) is 0 Å². The highest BCUT2D eigenvalue weighted by Gasteiger charge is 2.17. The number of carbonyl (C=O) groups excluding carboxylic acids is 1. The lowest BCUT2D eigenvalue weighted by Gasteiger charge is -2.08. The predicted molar refractivity (Wildman–Crippen MR) is 93.4 cm³/mol. The van der Waals surface area contributed by atoms with Gasteiger partial charge in [-0.2, -0.15) is 0 Å². The zero-order valence-corrected chi connectivity index (χ0v) is 13.2. The van der Waals surface area contributed by atoms with Gasteiger partial charge in [-0.15, -0.1) is 0 Å². The molecule has 4 aromatic rings. The molecule has 2 N–H and O–H groups in total. The van der Waals surface area contributed by atoms with E-state index in [1.54, 1.807) is 30.3 Å². The molecule has 25 heavy (non-hydrogen) atoms. The number of aromatic nitrogens is 1. The van der Waals surface area contributed by atoms with Gasteiger partial charge in [0.1, 0.15) is 11.6 Å². The minimum Gasteiger partial charge on any atom is -0.366 e. The van der Waals surface area contributed by atoms with E-state index < -0.39 is 5.91 Å². The van der Waals surface area contributed by atoms with Crippen LogP contribution < -0.4 is 5.73 Å². The molecular weight excluding hydrogens is 322 g/mol. The number of halogens is 2. The summed E-state index contributed by atoms with van der Waals surface area (Å²) in [5.41, 5.74) is 8.22. The Labute approximate surface area is 142 Å². The van der Waals surface area contributed by atoms with E-state index in [0.717, 1.165) is 16.5 Å². The molecule has 3 nitrogen and oxygen atoms in total. The molecule has 0 aliphatic carbocycles. The first-order chi connectivity index (χ1) is 12.0. The Morgan fingerprint density at radius 1 is 0.920 bits per heavy atom. The fourth-order valence-electron chi connectivity index (χ4n) is 3.27. The summed E-state index contributed by atoms with van der Waals surface area (Å²) in [6.45, 7) is 0.423. The van der Waals surface area contributed by atoms with Gasteiger partial charge in [0, 0.05) is 22.9 Å². The van der Waals surface area contributed by atoms with Crippen molar-refractivity contribution in [1.29, 1.82) is 0 Å². The second-order valence-corrected chi connectivity index (χ2v) is 5.94. The quantitative estimate of drug-likeness (QED) is 0.598. The zero-order valence-electron chi connectivity index (χ0n) is 13.2. The minimum absolute atomic E-state index is 0.312. The fraction of sp³-hybridized carbons (Fsp3) is 0.0500. The van der Waals surface area contributed by atoms with Gasteiger partial charge in [-0.1, -0.05) is 18.2 Å². The van der Waals surface area contributed by atoms with E-state index >= 15 is 0 Å². The van der Waals surface area contributed by atoms with Gasteiger partial charge in [0.2, 0.25) is 5.91 Å². The van der Waals surface area contributed by atoms with Gasteiger partial charge in [-0.25, -0.2) is 8.78 Å². The third kappa shape index (κ3) is 2.54. The predicted octanol–water partition coefficient (Wildman–Crippen LogP) is 4.22. The van der Waals surface area contributed by atoms with Crippen molar-refractivity contribution >= 4 is 27.7 Å². The Hall–Kier alpha value is -3.21. The molecule has 0 unspecified atom stereocenters. The molecule has 0 spiro atoms. The average molecular weight is 336 g/mol. The monoisotopic (exact) mass is 336 g/mol. The maximum absolute atomic E-state index is 13.8. The van der Waals surface area contributed by atoms with Gasteiger partial charge in [0.25, 0.3) is 0 Å². The van der Waals surface area contributed by atoms with Crippen LogP contribution in [0.15, 0.2) is 60.7 Å². The topological polar surface area (TPSA) is 48.0 Å². The number of nitrogens with zero attached hydrogens (tertiary/aromatic N) is 1. The van der Waals surface area contributed by atoms with Gasteiger partial charge in [-0.05, 0) is 48.0 Å². The van der Waals surface area contributed by atoms with Crippen LogP contribution >= 0.6 is 0 Å². The second kappa shape index (κ2) is 5.70. The molecule has 0 aliphatic heterocycles. The largest absolute Gasteiger partial charge is 0.366 e. The van der Waals surface area contributed by atoms with Crippen molar-refractivity contribution in [1.82, 2.24) is 4.57 Å². The lowest BCUT2D eigenvalue weighted by Crippen LogP contribution is -2.11. The van der Waals surface area contributed by atoms with Crippen molar-refractivity contribution in [3.05, 3.63) is 83.4 Å². The number of rotatable bonds is 3. The summed E-state index contributed by atoms with van der Waals surface area (Å²) in [6, 6.07) is 15.9. The van der Waals surface area contributed by atoms with Crippen molar-refractivity contribution in [3.8, 4) is 0 Å². The molecule has 0 saturated carbocycles. The molecule has 1 heterocycles. The van der Waals surface area contributed by atoms with Crippen LogP contribution in [0.1, 0.15) is 15.9 Å². The summed E-state index contributed by atoms with van der Waals surface area (Å²) in [4.78, 5) is 11.8. The van der Waals surface area contributed by atoms with E-state index in [1.165, 1.54) is 24.3 Å². The van der Waals surface area contributed by atoms with Crippen LogP contribution in [0.4, 0.5) is 8.78 Å². The highest BCUT2D eigenvalue weighted by atomic mass is 19.1. The first-order valence-electron chi connectivity index (χ1n) is 7.79. The summed E-state index contributed by atoms with van der Waals surface area (Å²) in [6.07, 6.45) is 0. The molecule has 0 atom stereocenters. The fourth-order valence-corrected chi connectivity index (χ4v) is 3.27. The third-order valence-corrected chi connectivity index (χ3v) is 4.37. The number of hydrogen-bond donors (Lipinski definition) is 1. The molecule has 0 bridgehead atoms. The lowest BCUT2D eigenvalue weighted by molar-refractivity contribution is 0.100. The van der Waals surface area contributed by atoms with E-state index in [-0.39, 0.29) is 11.6 Å². The molecule has 5 heteroatoms. The summed E-state index contributed by atoms with van der Waals surface area (Å²) in [5, 5.41) is 1.46. The van der Waals surface area contributed by atoms with E-state index in [1.807, 2.05) is 10.6 Å². The van der Waals surface area contributed by atoms with E-state index in [4.69, 9.17) is 5.73 Å². The van der Waals surface area contributed by atoms with E-state index in [0.29, 0.717) is 23.0 Å². The Kier molecular flexibility index (Phi) is 3.50. The molecule has 124 valence electrons. The first-order valence-corrected chi connectivity index (χ1v) is 7.79. The summed E-state index contributed by atoms with van der Waals surface area (Å²) < 4.78 is 28.9. The molecule has 0 saturated heterocycles. The van der Waals surface area contributed by atoms with Crippen LogP contribution in [-0.2, 0) is 6.54 Å². The van der Waals surface area contributed by atoms with E-state index in [2.05, 4.69) is 0 Å². The summed E-state index contributed by atoms with van der Waals surface area (Å²) in [7, 11) is 0. The molecule has 1 amide bonds. The third-order valence-electron chi connectivity index (χ3n) is 4.37. The number of nitrogens with two attached hydrogens (primary N) is 1. The van der Waals surface area contributed by atoms with Gasteiger partial charge in [-0.3, -0.25) is 4.79 Å². The van der Waals surface area contributed by atoms with Crippen LogP contribution in [0.5, 0.6) is 0 Å². The van der Waals surface area contributed by atoms with E-state index in [9.17, 15) is 13.6 Å².